The molecule has 7 rings (SSSR count). The fourth-order valence-corrected chi connectivity index (χ4v) is 7.98. The number of nitrogens with zero attached hydrogens (tertiary/aromatic N) is 5. The summed E-state index contributed by atoms with van der Waals surface area (Å²) in [7, 11) is 1.95. The molecular formula is C33H28Cl3N5O3S3. The predicted molar refractivity (Wildman–Crippen MR) is 199 cm³/mol. The van der Waals surface area contributed by atoms with E-state index >= 15 is 0 Å². The van der Waals surface area contributed by atoms with E-state index in [0.717, 1.165) is 51.9 Å². The van der Waals surface area contributed by atoms with Crippen LogP contribution >= 0.6 is 68.8 Å². The first-order valence-corrected chi connectivity index (χ1v) is 17.0. The number of pyridine rings is 3. The molecule has 0 unspecified atom stereocenters. The summed E-state index contributed by atoms with van der Waals surface area (Å²) >= 11 is 22.4. The number of aryl methyl sites for hydroxylation is 2. The molecule has 7 aromatic heterocycles. The largest absolute Gasteiger partial charge is 0.506 e. The molecule has 0 saturated carbocycles. The summed E-state index contributed by atoms with van der Waals surface area (Å²) in [6.45, 7) is 4.91. The fourth-order valence-electron chi connectivity index (χ4n) is 4.25. The summed E-state index contributed by atoms with van der Waals surface area (Å²) in [4.78, 5) is 36.9. The molecule has 1 N–H and O–H groups in total. The van der Waals surface area contributed by atoms with Gasteiger partial charge in [-0.3, -0.25) is 29.2 Å². The van der Waals surface area contributed by atoms with Crippen molar-refractivity contribution in [3.8, 4) is 10.6 Å². The highest BCUT2D eigenvalue weighted by atomic mass is 35.5. The minimum absolute atomic E-state index is 0. The number of aliphatic hydroxyl groups is 1. The molecule has 0 aromatic carbocycles. The third-order valence-electron chi connectivity index (χ3n) is 6.29. The Morgan fingerprint density at radius 2 is 1.23 bits per heavy atom. The summed E-state index contributed by atoms with van der Waals surface area (Å²) in [5.41, 5.74) is 4.57. The third kappa shape index (κ3) is 8.42. The van der Waals surface area contributed by atoms with Crippen molar-refractivity contribution in [2.24, 2.45) is 7.05 Å². The standard InChI is InChI=1S/C12H10ClN3S.C11H8ClNO2S.C9H6ClNOS.CH4/c1-7-5-10(16(2)15-7)11-6-9-12(17-11)8(13)3-4-14-9;1-6(14)4-9(15)10-5-8-11(16-10)7(12)2-3-13-8;1-5(12)8-4-7-9(13-8)6(10)2-3-11-7;/h3-6H,1-2H3;2-5,15H,1H3;2-4H,1H3;1H4. The van der Waals surface area contributed by atoms with Gasteiger partial charge < -0.3 is 5.11 Å². The number of ketones is 2. The molecule has 242 valence electrons. The van der Waals surface area contributed by atoms with Gasteiger partial charge in [-0.25, -0.2) is 0 Å². The lowest BCUT2D eigenvalue weighted by molar-refractivity contribution is -0.112. The van der Waals surface area contributed by atoms with Crippen LogP contribution in [0.3, 0.4) is 0 Å². The lowest BCUT2D eigenvalue weighted by Crippen LogP contribution is -1.91. The van der Waals surface area contributed by atoms with Crippen LogP contribution in [0.25, 0.3) is 47.0 Å². The Balaban J connectivity index is 0.000000159. The fraction of sp³-hybridized carbons (Fsp3) is 0.152. The number of allylic oxidation sites excluding steroid dienone is 1. The van der Waals surface area contributed by atoms with E-state index in [-0.39, 0.29) is 24.8 Å². The Hall–Kier alpha value is -3.71. The summed E-state index contributed by atoms with van der Waals surface area (Å²) < 4.78 is 4.61. The van der Waals surface area contributed by atoms with Gasteiger partial charge in [0.15, 0.2) is 11.6 Å². The third-order valence-corrected chi connectivity index (χ3v) is 11.2. The van der Waals surface area contributed by atoms with Gasteiger partial charge in [-0.15, -0.1) is 34.0 Å². The van der Waals surface area contributed by atoms with Crippen molar-refractivity contribution in [1.29, 1.82) is 0 Å². The van der Waals surface area contributed by atoms with Crippen LogP contribution in [-0.4, -0.2) is 41.4 Å². The minimum atomic E-state index is -0.200. The molecule has 0 bridgehead atoms. The average Bonchev–Trinajstić information content (AvgIpc) is 3.79. The van der Waals surface area contributed by atoms with Gasteiger partial charge in [0.05, 0.1) is 71.7 Å². The van der Waals surface area contributed by atoms with E-state index in [1.165, 1.54) is 35.7 Å². The van der Waals surface area contributed by atoms with Gasteiger partial charge in [-0.05, 0) is 63.2 Å². The number of carbonyl (C=O) groups is 2. The lowest BCUT2D eigenvalue weighted by atomic mass is 10.3. The second-order valence-electron chi connectivity index (χ2n) is 9.84. The highest BCUT2D eigenvalue weighted by Crippen LogP contribution is 2.36. The summed E-state index contributed by atoms with van der Waals surface area (Å²) in [6.07, 6.45) is 6.16. The van der Waals surface area contributed by atoms with E-state index < -0.39 is 0 Å². The number of Topliss-reactive ketones (excluding diaryl/α,β-unsaturated/α-hetero) is 1. The topological polar surface area (TPSA) is 111 Å². The Labute approximate surface area is 297 Å². The summed E-state index contributed by atoms with van der Waals surface area (Å²) in [6, 6.07) is 12.8. The summed E-state index contributed by atoms with van der Waals surface area (Å²) in [5.74, 6) is -0.195. The molecule has 0 fully saturated rings. The van der Waals surface area contributed by atoms with Gasteiger partial charge >= 0.3 is 0 Å². The second-order valence-corrected chi connectivity index (χ2v) is 14.2. The van der Waals surface area contributed by atoms with Crippen molar-refractivity contribution in [3.05, 3.63) is 97.6 Å². The van der Waals surface area contributed by atoms with E-state index in [1.54, 1.807) is 61.1 Å². The Kier molecular flexibility index (Phi) is 11.9. The van der Waals surface area contributed by atoms with Gasteiger partial charge in [0.1, 0.15) is 5.76 Å². The lowest BCUT2D eigenvalue weighted by Gasteiger charge is -1.95. The van der Waals surface area contributed by atoms with E-state index in [1.807, 2.05) is 24.7 Å². The zero-order chi connectivity index (χ0) is 33.1. The molecule has 7 aromatic rings. The predicted octanol–water partition coefficient (Wildman–Crippen LogP) is 10.9. The zero-order valence-corrected chi connectivity index (χ0v) is 29.4. The van der Waals surface area contributed by atoms with Crippen LogP contribution in [0.1, 0.15) is 41.5 Å². The van der Waals surface area contributed by atoms with Crippen molar-refractivity contribution < 1.29 is 14.7 Å². The maximum absolute atomic E-state index is 11.1. The number of aromatic nitrogens is 5. The van der Waals surface area contributed by atoms with Gasteiger partial charge in [-0.2, -0.15) is 5.10 Å². The van der Waals surface area contributed by atoms with Crippen LogP contribution in [-0.2, 0) is 11.8 Å². The van der Waals surface area contributed by atoms with Crippen LogP contribution in [0.15, 0.2) is 67.1 Å². The molecule has 0 aliphatic carbocycles. The first kappa shape index (κ1) is 36.1. The van der Waals surface area contributed by atoms with Crippen molar-refractivity contribution in [2.75, 3.05) is 0 Å². The number of halogens is 3. The van der Waals surface area contributed by atoms with Crippen LogP contribution in [0, 0.1) is 6.92 Å². The van der Waals surface area contributed by atoms with E-state index in [2.05, 4.69) is 32.2 Å². The second kappa shape index (κ2) is 15.5. The first-order valence-electron chi connectivity index (χ1n) is 13.5. The number of thiophene rings is 3. The number of hydrogen-bond donors (Lipinski definition) is 1. The average molecular weight is 745 g/mol. The summed E-state index contributed by atoms with van der Waals surface area (Å²) in [5, 5.41) is 16.0. The molecule has 0 radical (unpaired) electrons. The molecular weight excluding hydrogens is 717 g/mol. The number of aliphatic hydroxyl groups excluding tert-OH is 1. The van der Waals surface area contributed by atoms with Crippen LogP contribution in [0.5, 0.6) is 0 Å². The van der Waals surface area contributed by atoms with E-state index in [9.17, 15) is 14.7 Å². The maximum atomic E-state index is 11.1. The van der Waals surface area contributed by atoms with Crippen molar-refractivity contribution >= 4 is 117 Å². The van der Waals surface area contributed by atoms with Gasteiger partial charge in [0, 0.05) is 31.7 Å². The molecule has 0 amide bonds. The molecule has 8 nitrogen and oxygen atoms in total. The SMILES string of the molecule is C.CC(=O)C=C(O)c1cc2nccc(Cl)c2s1.CC(=O)c1cc2nccc(Cl)c2s1.Cc1cc(-c2cc3nccc(Cl)c3s2)n(C)n1. The Morgan fingerprint density at radius 1 is 0.766 bits per heavy atom. The number of hydrogen-bond acceptors (Lipinski definition) is 10. The van der Waals surface area contributed by atoms with Crippen LogP contribution in [0.4, 0.5) is 0 Å². The van der Waals surface area contributed by atoms with E-state index in [4.69, 9.17) is 34.8 Å². The molecule has 0 spiro atoms. The molecule has 0 aliphatic heterocycles. The van der Waals surface area contributed by atoms with Crippen molar-refractivity contribution in [2.45, 2.75) is 28.2 Å². The smallest absolute Gasteiger partial charge is 0.169 e. The molecule has 0 aliphatic rings. The number of rotatable bonds is 4. The first-order chi connectivity index (χ1) is 21.9. The molecule has 47 heavy (non-hydrogen) atoms. The van der Waals surface area contributed by atoms with Gasteiger partial charge in [0.25, 0.3) is 0 Å². The van der Waals surface area contributed by atoms with Gasteiger partial charge in [-0.1, -0.05) is 42.2 Å². The Morgan fingerprint density at radius 3 is 1.66 bits per heavy atom. The number of fused-ring (bicyclic) bond motifs is 3. The van der Waals surface area contributed by atoms with E-state index in [0.29, 0.717) is 19.8 Å². The van der Waals surface area contributed by atoms with Gasteiger partial charge in [0.2, 0.25) is 0 Å². The minimum Gasteiger partial charge on any atom is -0.506 e. The monoisotopic (exact) mass is 743 g/mol. The van der Waals surface area contributed by atoms with Crippen molar-refractivity contribution in [1.82, 2.24) is 24.7 Å². The normalized spacial score (nSPS) is 11.1. The molecule has 14 heteroatoms. The Bertz CT molecular complexity index is 2270. The maximum Gasteiger partial charge on any atom is 0.169 e. The molecule has 0 atom stereocenters. The van der Waals surface area contributed by atoms with Crippen LogP contribution in [0.2, 0.25) is 15.1 Å². The zero-order valence-electron chi connectivity index (χ0n) is 24.7. The molecule has 7 heterocycles. The highest BCUT2D eigenvalue weighted by molar-refractivity contribution is 7.23. The van der Waals surface area contributed by atoms with Crippen molar-refractivity contribution in [3.63, 3.8) is 0 Å². The quantitative estimate of drug-likeness (QED) is 0.108. The molecule has 0 saturated heterocycles. The van der Waals surface area contributed by atoms with Crippen LogP contribution < -0.4 is 0 Å². The number of carbonyl (C=O) groups excluding carboxylic acids is 2. The highest BCUT2D eigenvalue weighted by Gasteiger charge is 2.12.